The van der Waals surface area contributed by atoms with E-state index < -0.39 is 11.7 Å². The number of nitrogen functional groups attached to an aromatic ring is 1. The first-order valence-corrected chi connectivity index (χ1v) is 5.42. The van der Waals surface area contributed by atoms with Crippen molar-refractivity contribution < 1.29 is 13.2 Å². The molecule has 0 saturated heterocycles. The molecule has 0 aliphatic carbocycles. The Morgan fingerprint density at radius 1 is 1.00 bits per heavy atom. The topological polar surface area (TPSA) is 26.0 Å². The summed E-state index contributed by atoms with van der Waals surface area (Å²) in [4.78, 5) is 0. The second kappa shape index (κ2) is 4.37. The Hall–Kier alpha value is -1.97. The number of aryl methyl sites for hydroxylation is 1. The van der Waals surface area contributed by atoms with Crippen molar-refractivity contribution in [2.75, 3.05) is 5.73 Å². The maximum absolute atomic E-state index is 12.6. The first-order chi connectivity index (χ1) is 8.38. The molecule has 0 spiro atoms. The first kappa shape index (κ1) is 12.5. The lowest BCUT2D eigenvalue weighted by molar-refractivity contribution is -0.137. The summed E-state index contributed by atoms with van der Waals surface area (Å²) in [5.41, 5.74) is 7.71. The van der Waals surface area contributed by atoms with Gasteiger partial charge in [-0.15, -0.1) is 0 Å². The Bertz CT molecular complexity index is 573. The highest BCUT2D eigenvalue weighted by atomic mass is 19.4. The fourth-order valence-corrected chi connectivity index (χ4v) is 1.81. The molecule has 0 aliphatic heterocycles. The summed E-state index contributed by atoms with van der Waals surface area (Å²) in [7, 11) is 0. The van der Waals surface area contributed by atoms with Crippen LogP contribution in [0.25, 0.3) is 11.1 Å². The molecule has 0 heterocycles. The highest BCUT2D eigenvalue weighted by Gasteiger charge is 2.30. The van der Waals surface area contributed by atoms with Gasteiger partial charge in [0.1, 0.15) is 0 Å². The zero-order valence-corrected chi connectivity index (χ0v) is 9.75. The van der Waals surface area contributed by atoms with E-state index in [-0.39, 0.29) is 0 Å². The van der Waals surface area contributed by atoms with Crippen molar-refractivity contribution in [3.05, 3.63) is 53.6 Å². The molecule has 2 aromatic carbocycles. The van der Waals surface area contributed by atoms with E-state index >= 15 is 0 Å². The molecule has 4 heteroatoms. The van der Waals surface area contributed by atoms with Gasteiger partial charge < -0.3 is 5.73 Å². The Morgan fingerprint density at radius 2 is 1.72 bits per heavy atom. The second-order valence-corrected chi connectivity index (χ2v) is 4.17. The molecule has 0 unspecified atom stereocenters. The highest BCUT2D eigenvalue weighted by Crippen LogP contribution is 2.33. The third kappa shape index (κ3) is 2.47. The number of hydrogen-bond donors (Lipinski definition) is 1. The monoisotopic (exact) mass is 251 g/mol. The van der Waals surface area contributed by atoms with Crippen LogP contribution in [-0.4, -0.2) is 0 Å². The molecular formula is C14H12F3N. The third-order valence-electron chi connectivity index (χ3n) is 2.71. The van der Waals surface area contributed by atoms with Gasteiger partial charge in [-0.1, -0.05) is 24.3 Å². The molecule has 0 radical (unpaired) electrons. The van der Waals surface area contributed by atoms with Crippen molar-refractivity contribution in [2.45, 2.75) is 13.1 Å². The SMILES string of the molecule is Cc1ccc(-c2cccc(C(F)(F)F)c2)c(N)c1. The number of hydrogen-bond acceptors (Lipinski definition) is 1. The molecule has 94 valence electrons. The zero-order chi connectivity index (χ0) is 13.3. The van der Waals surface area contributed by atoms with Crippen LogP contribution in [-0.2, 0) is 6.18 Å². The number of nitrogens with two attached hydrogens (primary N) is 1. The molecule has 1 nitrogen and oxygen atoms in total. The molecule has 0 aliphatic rings. The minimum absolute atomic E-state index is 0.474. The number of alkyl halides is 3. The van der Waals surface area contributed by atoms with E-state index in [9.17, 15) is 13.2 Å². The molecule has 0 fully saturated rings. The molecule has 0 amide bonds. The Morgan fingerprint density at radius 3 is 2.33 bits per heavy atom. The summed E-state index contributed by atoms with van der Waals surface area (Å²) in [6.07, 6.45) is -4.34. The van der Waals surface area contributed by atoms with Crippen LogP contribution in [0.5, 0.6) is 0 Å². The number of rotatable bonds is 1. The van der Waals surface area contributed by atoms with Gasteiger partial charge in [0.2, 0.25) is 0 Å². The van der Waals surface area contributed by atoms with Crippen LogP contribution < -0.4 is 5.73 Å². The lowest BCUT2D eigenvalue weighted by Crippen LogP contribution is -2.04. The van der Waals surface area contributed by atoms with Crippen LogP contribution >= 0.6 is 0 Å². The predicted molar refractivity (Wildman–Crippen MR) is 66.0 cm³/mol. The largest absolute Gasteiger partial charge is 0.416 e. The van der Waals surface area contributed by atoms with Gasteiger partial charge in [0.25, 0.3) is 0 Å². The van der Waals surface area contributed by atoms with E-state index in [0.29, 0.717) is 16.8 Å². The quantitative estimate of drug-likeness (QED) is 0.753. The van der Waals surface area contributed by atoms with E-state index in [1.54, 1.807) is 18.2 Å². The number of benzene rings is 2. The van der Waals surface area contributed by atoms with Crippen LogP contribution in [0.15, 0.2) is 42.5 Å². The standard InChI is InChI=1S/C14H12F3N/c1-9-5-6-12(13(18)7-9)10-3-2-4-11(8-10)14(15,16)17/h2-8H,18H2,1H3. The van der Waals surface area contributed by atoms with Crippen molar-refractivity contribution in [3.63, 3.8) is 0 Å². The van der Waals surface area contributed by atoms with Crippen LogP contribution in [0.3, 0.4) is 0 Å². The third-order valence-corrected chi connectivity index (χ3v) is 2.71. The highest BCUT2D eigenvalue weighted by molar-refractivity contribution is 5.77. The predicted octanol–water partition coefficient (Wildman–Crippen LogP) is 4.26. The molecule has 2 N–H and O–H groups in total. The fourth-order valence-electron chi connectivity index (χ4n) is 1.81. The average molecular weight is 251 g/mol. The average Bonchev–Trinajstić information content (AvgIpc) is 2.28. The van der Waals surface area contributed by atoms with Gasteiger partial charge >= 0.3 is 6.18 Å². The van der Waals surface area contributed by atoms with Crippen LogP contribution in [0.2, 0.25) is 0 Å². The maximum Gasteiger partial charge on any atom is 0.416 e. The lowest BCUT2D eigenvalue weighted by Gasteiger charge is -2.10. The first-order valence-electron chi connectivity index (χ1n) is 5.42. The van der Waals surface area contributed by atoms with Crippen LogP contribution in [0, 0.1) is 6.92 Å². The Balaban J connectivity index is 2.51. The van der Waals surface area contributed by atoms with Gasteiger partial charge in [-0.05, 0) is 36.2 Å². The van der Waals surface area contributed by atoms with E-state index in [2.05, 4.69) is 0 Å². The van der Waals surface area contributed by atoms with E-state index in [1.165, 1.54) is 6.07 Å². The summed E-state index contributed by atoms with van der Waals surface area (Å²) in [5, 5.41) is 0. The zero-order valence-electron chi connectivity index (χ0n) is 9.75. The molecule has 2 aromatic rings. The van der Waals surface area contributed by atoms with E-state index in [4.69, 9.17) is 5.73 Å². The molecule has 0 aromatic heterocycles. The summed E-state index contributed by atoms with van der Waals surface area (Å²) in [5.74, 6) is 0. The molecule has 0 atom stereocenters. The minimum Gasteiger partial charge on any atom is -0.398 e. The number of halogens is 3. The Kier molecular flexibility index (Phi) is 3.03. The van der Waals surface area contributed by atoms with Gasteiger partial charge in [-0.2, -0.15) is 13.2 Å². The molecular weight excluding hydrogens is 239 g/mol. The molecule has 0 saturated carbocycles. The van der Waals surface area contributed by atoms with Gasteiger partial charge in [-0.3, -0.25) is 0 Å². The van der Waals surface area contributed by atoms with Gasteiger partial charge in [-0.25, -0.2) is 0 Å². The molecule has 2 rings (SSSR count). The van der Waals surface area contributed by atoms with Crippen molar-refractivity contribution >= 4 is 5.69 Å². The van der Waals surface area contributed by atoms with Gasteiger partial charge in [0.05, 0.1) is 5.56 Å². The van der Waals surface area contributed by atoms with E-state index in [1.807, 2.05) is 13.0 Å². The lowest BCUT2D eigenvalue weighted by atomic mass is 10.00. The summed E-state index contributed by atoms with van der Waals surface area (Å²) in [6, 6.07) is 10.5. The minimum atomic E-state index is -4.34. The van der Waals surface area contributed by atoms with Crippen molar-refractivity contribution in [1.29, 1.82) is 0 Å². The summed E-state index contributed by atoms with van der Waals surface area (Å²) in [6.45, 7) is 1.88. The summed E-state index contributed by atoms with van der Waals surface area (Å²) < 4.78 is 37.9. The van der Waals surface area contributed by atoms with E-state index in [0.717, 1.165) is 17.7 Å². The van der Waals surface area contributed by atoms with Gasteiger partial charge in [0.15, 0.2) is 0 Å². The summed E-state index contributed by atoms with van der Waals surface area (Å²) >= 11 is 0. The number of anilines is 1. The van der Waals surface area contributed by atoms with Crippen molar-refractivity contribution in [2.24, 2.45) is 0 Å². The fraction of sp³-hybridized carbons (Fsp3) is 0.143. The maximum atomic E-state index is 12.6. The smallest absolute Gasteiger partial charge is 0.398 e. The molecule has 0 bridgehead atoms. The van der Waals surface area contributed by atoms with Gasteiger partial charge in [0, 0.05) is 11.3 Å². The van der Waals surface area contributed by atoms with Crippen molar-refractivity contribution in [1.82, 2.24) is 0 Å². The second-order valence-electron chi connectivity index (χ2n) is 4.17. The van der Waals surface area contributed by atoms with Crippen LogP contribution in [0.4, 0.5) is 18.9 Å². The van der Waals surface area contributed by atoms with Crippen molar-refractivity contribution in [3.8, 4) is 11.1 Å². The normalized spacial score (nSPS) is 11.6. The Labute approximate surface area is 103 Å². The van der Waals surface area contributed by atoms with Crippen LogP contribution in [0.1, 0.15) is 11.1 Å². The molecule has 18 heavy (non-hydrogen) atoms.